The predicted octanol–water partition coefficient (Wildman–Crippen LogP) is -2.60. The van der Waals surface area contributed by atoms with Crippen molar-refractivity contribution in [1.29, 1.82) is 0 Å². The molecule has 0 radical (unpaired) electrons. The van der Waals surface area contributed by atoms with Crippen LogP contribution < -0.4 is 0 Å². The number of hydrogen-bond acceptors (Lipinski definition) is 8. The Kier molecular flexibility index (Phi) is 12.1. The zero-order valence-electron chi connectivity index (χ0n) is 17.2. The average Bonchev–Trinajstić information content (AvgIpc) is 2.51. The summed E-state index contributed by atoms with van der Waals surface area (Å²) >= 11 is 0. The molecule has 0 amide bonds. The highest BCUT2D eigenvalue weighted by Gasteiger charge is 2.24. The van der Waals surface area contributed by atoms with E-state index in [1.807, 2.05) is 0 Å². The van der Waals surface area contributed by atoms with Crippen molar-refractivity contribution in [2.75, 3.05) is 107 Å². The minimum absolute atomic E-state index is 0.299. The Morgan fingerprint density at radius 3 is 1.15 bits per heavy atom. The lowest BCUT2D eigenvalue weighted by Gasteiger charge is -2.38. The lowest BCUT2D eigenvalue weighted by Crippen LogP contribution is -2.55. The molecule has 27 heavy (non-hydrogen) atoms. The smallest absolute Gasteiger partial charge is 0.0912 e. The maximum absolute atomic E-state index is 8.70. The van der Waals surface area contributed by atoms with Gasteiger partial charge in [-0.3, -0.25) is 18.2 Å². The van der Waals surface area contributed by atoms with E-state index in [2.05, 4.69) is 38.0 Å². The number of rotatable bonds is 4. The highest BCUT2D eigenvalue weighted by atomic mass is 32.3. The van der Waals surface area contributed by atoms with Crippen LogP contribution in [0, 0.1) is 0 Å². The van der Waals surface area contributed by atoms with Crippen LogP contribution in [0.5, 0.6) is 0 Å². The van der Waals surface area contributed by atoms with Gasteiger partial charge in [-0.2, -0.15) is 0 Å². The molecule has 0 spiro atoms. The van der Waals surface area contributed by atoms with E-state index < -0.39 is 10.4 Å². The SMILES string of the molecule is C[N+]1(C)CCN(CCO)CC1.C[N+]1(C)CCN(CCO)CC1.O=S(=O)([O-])[O-]. The first-order valence-corrected chi connectivity index (χ1v) is 10.6. The zero-order chi connectivity index (χ0) is 21.1. The zero-order valence-corrected chi connectivity index (χ0v) is 18.0. The maximum Gasteiger partial charge on any atom is 0.0912 e. The van der Waals surface area contributed by atoms with Gasteiger partial charge in [-0.1, -0.05) is 0 Å². The number of likely N-dealkylation sites (N-methyl/N-ethyl adjacent to an activating group) is 2. The van der Waals surface area contributed by atoms with Crippen LogP contribution in [0.15, 0.2) is 0 Å². The molecular weight excluding hydrogens is 376 g/mol. The van der Waals surface area contributed by atoms with Gasteiger partial charge in [-0.05, 0) is 0 Å². The number of aliphatic hydroxyl groups is 2. The molecule has 2 rings (SSSR count). The van der Waals surface area contributed by atoms with Crippen molar-refractivity contribution in [3.63, 3.8) is 0 Å². The van der Waals surface area contributed by atoms with Gasteiger partial charge in [-0.25, -0.2) is 0 Å². The highest BCUT2D eigenvalue weighted by molar-refractivity contribution is 7.79. The van der Waals surface area contributed by atoms with Crippen LogP contribution in [0.1, 0.15) is 0 Å². The summed E-state index contributed by atoms with van der Waals surface area (Å²) in [6.45, 7) is 11.7. The Morgan fingerprint density at radius 2 is 0.963 bits per heavy atom. The lowest BCUT2D eigenvalue weighted by molar-refractivity contribution is -0.894. The Balaban J connectivity index is 0.000000405. The molecule has 0 saturated carbocycles. The van der Waals surface area contributed by atoms with Crippen molar-refractivity contribution >= 4 is 10.4 Å². The summed E-state index contributed by atoms with van der Waals surface area (Å²) in [4.78, 5) is 4.65. The summed E-state index contributed by atoms with van der Waals surface area (Å²) in [5.41, 5.74) is 0. The molecule has 11 heteroatoms. The molecule has 0 aromatic rings. The van der Waals surface area contributed by atoms with Crippen molar-refractivity contribution in [3.8, 4) is 0 Å². The molecule has 2 aliphatic rings. The maximum atomic E-state index is 8.70. The fourth-order valence-electron chi connectivity index (χ4n) is 2.83. The second-order valence-electron chi connectivity index (χ2n) is 8.30. The van der Waals surface area contributed by atoms with Crippen molar-refractivity contribution < 1.29 is 36.7 Å². The normalized spacial score (nSPS) is 22.8. The fourth-order valence-corrected chi connectivity index (χ4v) is 2.83. The van der Waals surface area contributed by atoms with Crippen LogP contribution in [-0.2, 0) is 10.4 Å². The minimum Gasteiger partial charge on any atom is -0.759 e. The summed E-state index contributed by atoms with van der Waals surface area (Å²) in [5, 5.41) is 17.4. The summed E-state index contributed by atoms with van der Waals surface area (Å²) in [6.07, 6.45) is 0. The van der Waals surface area contributed by atoms with Gasteiger partial charge in [0.25, 0.3) is 0 Å². The summed E-state index contributed by atoms with van der Waals surface area (Å²) in [5.74, 6) is 0. The topological polar surface area (TPSA) is 127 Å². The van der Waals surface area contributed by atoms with Gasteiger partial charge in [0.05, 0.1) is 67.6 Å². The van der Waals surface area contributed by atoms with Gasteiger partial charge in [0, 0.05) is 49.7 Å². The predicted molar refractivity (Wildman–Crippen MR) is 101 cm³/mol. The van der Waals surface area contributed by atoms with Crippen molar-refractivity contribution in [3.05, 3.63) is 0 Å². The van der Waals surface area contributed by atoms with Crippen LogP contribution in [0.25, 0.3) is 0 Å². The molecule has 0 bridgehead atoms. The molecule has 2 aliphatic heterocycles. The van der Waals surface area contributed by atoms with Crippen LogP contribution in [0.2, 0.25) is 0 Å². The van der Waals surface area contributed by atoms with E-state index in [4.69, 9.17) is 27.7 Å². The number of nitrogens with zero attached hydrogens (tertiary/aromatic N) is 4. The van der Waals surface area contributed by atoms with Crippen LogP contribution in [0.3, 0.4) is 0 Å². The molecule has 164 valence electrons. The van der Waals surface area contributed by atoms with Gasteiger partial charge in [0.2, 0.25) is 0 Å². The molecule has 10 nitrogen and oxygen atoms in total. The number of piperazine rings is 2. The number of hydrogen-bond donors (Lipinski definition) is 2. The Morgan fingerprint density at radius 1 is 0.741 bits per heavy atom. The van der Waals surface area contributed by atoms with E-state index in [9.17, 15) is 0 Å². The summed E-state index contributed by atoms with van der Waals surface area (Å²) in [6, 6.07) is 0. The van der Waals surface area contributed by atoms with E-state index >= 15 is 0 Å². The van der Waals surface area contributed by atoms with E-state index in [-0.39, 0.29) is 0 Å². The first kappa shape index (κ1) is 26.6. The largest absolute Gasteiger partial charge is 0.759 e. The third-order valence-corrected chi connectivity index (χ3v) is 4.92. The lowest BCUT2D eigenvalue weighted by atomic mass is 10.3. The molecular formula is C16H38N4O6S. The summed E-state index contributed by atoms with van der Waals surface area (Å²) in [7, 11) is 3.87. The van der Waals surface area contributed by atoms with Crippen molar-refractivity contribution in [2.24, 2.45) is 0 Å². The minimum atomic E-state index is -5.17. The third-order valence-electron chi connectivity index (χ3n) is 4.92. The number of β-amino-alcohol motifs (C(OH)–C–C–N with tert-alkyl or cyclic N) is 2. The van der Waals surface area contributed by atoms with Crippen LogP contribution in [0.4, 0.5) is 0 Å². The van der Waals surface area contributed by atoms with Crippen LogP contribution in [-0.4, -0.2) is 153 Å². The second-order valence-corrected chi connectivity index (χ2v) is 9.12. The summed E-state index contributed by atoms with van der Waals surface area (Å²) < 4.78 is 36.3. The third kappa shape index (κ3) is 16.3. The standard InChI is InChI=1S/2C8H19N2O.H2O4S/c2*1-10(2)6-3-9(4-7-10)5-8-11;1-5(2,3)4/h2*11H,3-8H2,1-2H3;(H2,1,2,3,4)/q2*+1;/p-2. The van der Waals surface area contributed by atoms with Gasteiger partial charge >= 0.3 is 0 Å². The van der Waals surface area contributed by atoms with Gasteiger partial charge in [0.1, 0.15) is 0 Å². The van der Waals surface area contributed by atoms with Gasteiger partial charge in [-0.15, -0.1) is 0 Å². The molecule has 0 aromatic heterocycles. The Bertz CT molecular complexity index is 443. The quantitative estimate of drug-likeness (QED) is 0.291. The molecule has 0 unspecified atom stereocenters. The van der Waals surface area contributed by atoms with Crippen molar-refractivity contribution in [2.45, 2.75) is 0 Å². The van der Waals surface area contributed by atoms with E-state index in [1.165, 1.54) is 26.2 Å². The van der Waals surface area contributed by atoms with E-state index in [0.29, 0.717) is 13.2 Å². The Labute approximate surface area is 164 Å². The first-order valence-electron chi connectivity index (χ1n) is 9.25. The first-order chi connectivity index (χ1) is 12.3. The molecule has 2 saturated heterocycles. The second kappa shape index (κ2) is 12.2. The van der Waals surface area contributed by atoms with Gasteiger partial charge < -0.3 is 28.3 Å². The highest BCUT2D eigenvalue weighted by Crippen LogP contribution is 2.06. The number of aliphatic hydroxyl groups excluding tert-OH is 2. The van der Waals surface area contributed by atoms with Crippen LogP contribution >= 0.6 is 0 Å². The Hall–Kier alpha value is -0.370. The van der Waals surface area contributed by atoms with E-state index in [1.54, 1.807) is 0 Å². The molecule has 0 aromatic carbocycles. The number of quaternary nitrogens is 2. The fraction of sp³-hybridized carbons (Fsp3) is 1.00. The molecule has 2 heterocycles. The van der Waals surface area contributed by atoms with E-state index in [0.717, 1.165) is 48.2 Å². The molecule has 0 aliphatic carbocycles. The molecule has 2 fully saturated rings. The monoisotopic (exact) mass is 414 g/mol. The molecule has 0 atom stereocenters. The van der Waals surface area contributed by atoms with Gasteiger partial charge in [0.15, 0.2) is 0 Å². The average molecular weight is 415 g/mol. The van der Waals surface area contributed by atoms with Crippen molar-refractivity contribution in [1.82, 2.24) is 9.80 Å². The molecule has 2 N–H and O–H groups in total.